The normalized spacial score (nSPS) is 16.6. The van der Waals surface area contributed by atoms with E-state index in [0.29, 0.717) is 12.2 Å². The molecule has 1 aliphatic heterocycles. The third kappa shape index (κ3) is 2.25. The van der Waals surface area contributed by atoms with E-state index in [1.165, 1.54) is 0 Å². The van der Waals surface area contributed by atoms with Crippen molar-refractivity contribution in [3.05, 3.63) is 53.7 Å². The van der Waals surface area contributed by atoms with Crippen molar-refractivity contribution >= 4 is 11.7 Å². The van der Waals surface area contributed by atoms with Crippen LogP contribution < -0.4 is 10.1 Å². The van der Waals surface area contributed by atoms with Gasteiger partial charge in [-0.05, 0) is 31.2 Å². The lowest BCUT2D eigenvalue weighted by molar-refractivity contribution is -0.116. The van der Waals surface area contributed by atoms with Gasteiger partial charge in [-0.2, -0.15) is 5.10 Å². The van der Waals surface area contributed by atoms with E-state index in [2.05, 4.69) is 20.4 Å². The molecule has 1 aliphatic rings. The summed E-state index contributed by atoms with van der Waals surface area (Å²) in [4.78, 5) is 19.7. The van der Waals surface area contributed by atoms with Crippen molar-refractivity contribution in [1.82, 2.24) is 19.7 Å². The van der Waals surface area contributed by atoms with E-state index < -0.39 is 0 Å². The summed E-state index contributed by atoms with van der Waals surface area (Å²) in [6.45, 7) is 1.95. The predicted octanol–water partition coefficient (Wildman–Crippen LogP) is 2.39. The number of aryl methyl sites for hydroxylation is 1. The van der Waals surface area contributed by atoms with Gasteiger partial charge in [0.1, 0.15) is 17.4 Å². The molecule has 1 atom stereocenters. The molecular formula is C17H17N5O2. The predicted molar refractivity (Wildman–Crippen MR) is 88.5 cm³/mol. The lowest BCUT2D eigenvalue weighted by Crippen LogP contribution is -2.25. The number of anilines is 1. The maximum Gasteiger partial charge on any atom is 0.226 e. The van der Waals surface area contributed by atoms with Gasteiger partial charge < -0.3 is 15.0 Å². The summed E-state index contributed by atoms with van der Waals surface area (Å²) in [6, 6.07) is 7.56. The first-order valence-corrected chi connectivity index (χ1v) is 7.70. The number of hydrogen-bond acceptors (Lipinski definition) is 4. The van der Waals surface area contributed by atoms with Crippen LogP contribution in [0.4, 0.5) is 5.82 Å². The van der Waals surface area contributed by atoms with Crippen LogP contribution >= 0.6 is 0 Å². The number of hydrogen-bond donors (Lipinski definition) is 2. The number of nitrogens with one attached hydrogen (secondary N) is 2. The van der Waals surface area contributed by atoms with Gasteiger partial charge in [-0.15, -0.1) is 0 Å². The fraction of sp³-hybridized carbons (Fsp3) is 0.235. The third-order valence-electron chi connectivity index (χ3n) is 4.27. The van der Waals surface area contributed by atoms with Gasteiger partial charge in [-0.25, -0.2) is 9.67 Å². The molecule has 3 aromatic rings. The van der Waals surface area contributed by atoms with Gasteiger partial charge in [0, 0.05) is 24.4 Å². The van der Waals surface area contributed by atoms with E-state index in [0.717, 1.165) is 28.5 Å². The van der Waals surface area contributed by atoms with Crippen LogP contribution in [0.2, 0.25) is 0 Å². The Labute approximate surface area is 138 Å². The molecule has 0 spiro atoms. The number of amides is 1. The third-order valence-corrected chi connectivity index (χ3v) is 4.27. The van der Waals surface area contributed by atoms with E-state index in [4.69, 9.17) is 4.74 Å². The SMILES string of the molecule is COc1ccc(-n2nc(C)c3c2NC(=O)CC3c2ncc[nH]2)cc1. The topological polar surface area (TPSA) is 84.8 Å². The molecule has 4 rings (SSSR count). The standard InChI is InChI=1S/C17H17N5O2/c1-10-15-13(16-18-7-8-19-16)9-14(23)20-17(15)22(21-10)11-3-5-12(24-2)6-4-11/h3-8,13H,9H2,1-2H3,(H,18,19)(H,20,23). The van der Waals surface area contributed by atoms with Crippen LogP contribution in [0.1, 0.15) is 29.4 Å². The quantitative estimate of drug-likeness (QED) is 0.775. The molecule has 0 saturated heterocycles. The minimum atomic E-state index is -0.115. The number of carbonyl (C=O) groups is 1. The first kappa shape index (κ1) is 14.5. The fourth-order valence-corrected chi connectivity index (χ4v) is 3.16. The van der Waals surface area contributed by atoms with E-state index >= 15 is 0 Å². The Kier molecular flexibility index (Phi) is 3.34. The first-order valence-electron chi connectivity index (χ1n) is 7.70. The van der Waals surface area contributed by atoms with Gasteiger partial charge >= 0.3 is 0 Å². The molecule has 2 N–H and O–H groups in total. The van der Waals surface area contributed by atoms with Crippen molar-refractivity contribution in [3.8, 4) is 11.4 Å². The van der Waals surface area contributed by atoms with Gasteiger partial charge in [0.05, 0.1) is 24.4 Å². The zero-order chi connectivity index (χ0) is 16.7. The highest BCUT2D eigenvalue weighted by Gasteiger charge is 2.33. The Balaban J connectivity index is 1.84. The molecule has 0 fully saturated rings. The molecule has 7 heteroatoms. The minimum absolute atomic E-state index is 0.0430. The van der Waals surface area contributed by atoms with Crippen LogP contribution in [0, 0.1) is 6.92 Å². The van der Waals surface area contributed by atoms with Crippen LogP contribution in [0.3, 0.4) is 0 Å². The van der Waals surface area contributed by atoms with Crippen LogP contribution in [-0.2, 0) is 4.79 Å². The second-order valence-electron chi connectivity index (χ2n) is 5.74. The summed E-state index contributed by atoms with van der Waals surface area (Å²) in [6.07, 6.45) is 3.82. The van der Waals surface area contributed by atoms with Crippen molar-refractivity contribution in [3.63, 3.8) is 0 Å². The van der Waals surface area contributed by atoms with Gasteiger partial charge in [-0.1, -0.05) is 0 Å². The molecule has 0 aliphatic carbocycles. The summed E-state index contributed by atoms with van der Waals surface area (Å²) in [5.41, 5.74) is 2.74. The second-order valence-corrected chi connectivity index (χ2v) is 5.74. The largest absolute Gasteiger partial charge is 0.497 e. The molecule has 7 nitrogen and oxygen atoms in total. The first-order chi connectivity index (χ1) is 11.7. The molecule has 0 bridgehead atoms. The number of nitrogens with zero attached hydrogens (tertiary/aromatic N) is 3. The number of aromatic nitrogens is 4. The summed E-state index contributed by atoms with van der Waals surface area (Å²) < 4.78 is 6.96. The lowest BCUT2D eigenvalue weighted by Gasteiger charge is -2.22. The molecule has 1 aromatic carbocycles. The average Bonchev–Trinajstić information content (AvgIpc) is 3.23. The summed E-state index contributed by atoms with van der Waals surface area (Å²) >= 11 is 0. The molecule has 1 unspecified atom stereocenters. The Morgan fingerprint density at radius 1 is 1.29 bits per heavy atom. The number of imidazole rings is 1. The van der Waals surface area contributed by atoms with Gasteiger partial charge in [-0.3, -0.25) is 4.79 Å². The maximum atomic E-state index is 12.2. The number of methoxy groups -OCH3 is 1. The highest BCUT2D eigenvalue weighted by Crippen LogP contribution is 2.39. The van der Waals surface area contributed by atoms with Gasteiger partial charge in [0.2, 0.25) is 5.91 Å². The Bertz CT molecular complexity index is 881. The number of carbonyl (C=O) groups excluding carboxylic acids is 1. The average molecular weight is 323 g/mol. The van der Waals surface area contributed by atoms with E-state index in [9.17, 15) is 4.79 Å². The highest BCUT2D eigenvalue weighted by molar-refractivity contribution is 5.94. The number of fused-ring (bicyclic) bond motifs is 1. The van der Waals surface area contributed by atoms with E-state index in [1.807, 2.05) is 31.2 Å². The van der Waals surface area contributed by atoms with Crippen LogP contribution in [0.25, 0.3) is 5.69 Å². The van der Waals surface area contributed by atoms with Gasteiger partial charge in [0.15, 0.2) is 0 Å². The zero-order valence-electron chi connectivity index (χ0n) is 13.4. The lowest BCUT2D eigenvalue weighted by atomic mass is 9.91. The molecule has 0 radical (unpaired) electrons. The monoisotopic (exact) mass is 323 g/mol. The van der Waals surface area contributed by atoms with Crippen molar-refractivity contribution in [2.24, 2.45) is 0 Å². The van der Waals surface area contributed by atoms with Crippen LogP contribution in [0.15, 0.2) is 36.7 Å². The van der Waals surface area contributed by atoms with Gasteiger partial charge in [0.25, 0.3) is 0 Å². The molecule has 2 aromatic heterocycles. The maximum absolute atomic E-state index is 12.2. The van der Waals surface area contributed by atoms with Crippen molar-refractivity contribution < 1.29 is 9.53 Å². The second kappa shape index (κ2) is 5.52. The molecule has 1 amide bonds. The summed E-state index contributed by atoms with van der Waals surface area (Å²) in [7, 11) is 1.63. The number of aromatic amines is 1. The van der Waals surface area contributed by atoms with Crippen LogP contribution in [-0.4, -0.2) is 32.8 Å². The number of rotatable bonds is 3. The van der Waals surface area contributed by atoms with Crippen molar-refractivity contribution in [2.75, 3.05) is 12.4 Å². The van der Waals surface area contributed by atoms with E-state index in [-0.39, 0.29) is 11.8 Å². The zero-order valence-corrected chi connectivity index (χ0v) is 13.4. The molecule has 24 heavy (non-hydrogen) atoms. The number of H-pyrrole nitrogens is 1. The van der Waals surface area contributed by atoms with E-state index in [1.54, 1.807) is 24.2 Å². The summed E-state index contributed by atoms with van der Waals surface area (Å²) in [5, 5.41) is 7.59. The van der Waals surface area contributed by atoms with Crippen molar-refractivity contribution in [1.29, 1.82) is 0 Å². The summed E-state index contributed by atoms with van der Waals surface area (Å²) in [5.74, 6) is 2.10. The highest BCUT2D eigenvalue weighted by atomic mass is 16.5. The molecule has 122 valence electrons. The number of ether oxygens (including phenoxy) is 1. The Hall–Kier alpha value is -3.09. The fourth-order valence-electron chi connectivity index (χ4n) is 3.16. The van der Waals surface area contributed by atoms with Crippen molar-refractivity contribution in [2.45, 2.75) is 19.3 Å². The number of benzene rings is 1. The smallest absolute Gasteiger partial charge is 0.226 e. The molecule has 0 saturated carbocycles. The molecule has 3 heterocycles. The minimum Gasteiger partial charge on any atom is -0.497 e. The molecular weight excluding hydrogens is 306 g/mol. The Morgan fingerprint density at radius 3 is 2.75 bits per heavy atom. The Morgan fingerprint density at radius 2 is 2.08 bits per heavy atom. The van der Waals surface area contributed by atoms with Crippen LogP contribution in [0.5, 0.6) is 5.75 Å².